The highest BCUT2D eigenvalue weighted by molar-refractivity contribution is 5.82. The molecule has 2 aliphatic rings. The Hall–Kier alpha value is -2.76. The van der Waals surface area contributed by atoms with E-state index in [1.165, 1.54) is 12.1 Å². The van der Waals surface area contributed by atoms with E-state index in [4.69, 9.17) is 9.47 Å². The summed E-state index contributed by atoms with van der Waals surface area (Å²) in [5.74, 6) is 0.991. The van der Waals surface area contributed by atoms with Gasteiger partial charge < -0.3 is 19.3 Å². The smallest absolute Gasteiger partial charge is 0.267 e. The van der Waals surface area contributed by atoms with Gasteiger partial charge in [-0.15, -0.1) is 0 Å². The van der Waals surface area contributed by atoms with Crippen LogP contribution >= 0.6 is 0 Å². The quantitative estimate of drug-likeness (QED) is 0.840. The maximum atomic E-state index is 13.0. The lowest BCUT2D eigenvalue weighted by atomic mass is 10.2. The molecule has 2 aliphatic heterocycles. The fourth-order valence-electron chi connectivity index (χ4n) is 3.18. The van der Waals surface area contributed by atoms with Crippen LogP contribution in [-0.2, 0) is 4.79 Å². The summed E-state index contributed by atoms with van der Waals surface area (Å²) in [6.45, 7) is 2.87. The van der Waals surface area contributed by atoms with Gasteiger partial charge in [0, 0.05) is 31.9 Å². The zero-order chi connectivity index (χ0) is 17.2. The summed E-state index contributed by atoms with van der Waals surface area (Å²) in [5, 5.41) is 0. The van der Waals surface area contributed by atoms with Gasteiger partial charge in [0.15, 0.2) is 11.5 Å². The van der Waals surface area contributed by atoms with Crippen LogP contribution in [0, 0.1) is 5.82 Å². The van der Waals surface area contributed by atoms with Gasteiger partial charge in [-0.25, -0.2) is 4.39 Å². The van der Waals surface area contributed by atoms with E-state index in [0.717, 1.165) is 5.69 Å². The Kier molecular flexibility index (Phi) is 4.17. The van der Waals surface area contributed by atoms with Gasteiger partial charge in [0.05, 0.1) is 0 Å². The van der Waals surface area contributed by atoms with Crippen LogP contribution in [0.1, 0.15) is 0 Å². The lowest BCUT2D eigenvalue weighted by Crippen LogP contribution is -2.54. The van der Waals surface area contributed by atoms with Gasteiger partial charge in [0.2, 0.25) is 6.10 Å². The average Bonchev–Trinajstić information content (AvgIpc) is 2.68. The number of amides is 1. The number of halogens is 1. The Morgan fingerprint density at radius 2 is 1.64 bits per heavy atom. The lowest BCUT2D eigenvalue weighted by Gasteiger charge is -2.38. The molecule has 0 aromatic heterocycles. The number of carbonyl (C=O) groups is 1. The molecule has 2 aromatic rings. The highest BCUT2D eigenvalue weighted by Crippen LogP contribution is 2.31. The normalized spacial score (nSPS) is 19.6. The van der Waals surface area contributed by atoms with Gasteiger partial charge in [0.1, 0.15) is 12.4 Å². The monoisotopic (exact) mass is 342 g/mol. The van der Waals surface area contributed by atoms with Gasteiger partial charge in [-0.3, -0.25) is 4.79 Å². The molecule has 0 spiro atoms. The molecular weight excluding hydrogens is 323 g/mol. The van der Waals surface area contributed by atoms with Crippen LogP contribution in [0.25, 0.3) is 0 Å². The molecule has 130 valence electrons. The van der Waals surface area contributed by atoms with Crippen LogP contribution in [0.4, 0.5) is 10.1 Å². The predicted molar refractivity (Wildman–Crippen MR) is 91.5 cm³/mol. The van der Waals surface area contributed by atoms with E-state index in [1.807, 2.05) is 23.1 Å². The first kappa shape index (κ1) is 15.7. The van der Waals surface area contributed by atoms with Crippen molar-refractivity contribution in [2.75, 3.05) is 37.7 Å². The molecule has 1 fully saturated rings. The number of hydrogen-bond donors (Lipinski definition) is 0. The molecule has 0 unspecified atom stereocenters. The number of fused-ring (bicyclic) bond motifs is 1. The minimum absolute atomic E-state index is 0.0479. The Labute approximate surface area is 145 Å². The van der Waals surface area contributed by atoms with E-state index in [9.17, 15) is 9.18 Å². The standard InChI is InChI=1S/C19H19FN2O3/c20-14-5-7-15(8-6-14)21-9-11-22(12-10-21)19(23)18-13-24-16-3-1-2-4-17(16)25-18/h1-8,18H,9-13H2/t18-/m0/s1. The van der Waals surface area contributed by atoms with Crippen molar-refractivity contribution in [1.29, 1.82) is 0 Å². The average molecular weight is 342 g/mol. The van der Waals surface area contributed by atoms with E-state index >= 15 is 0 Å². The lowest BCUT2D eigenvalue weighted by molar-refractivity contribution is -0.141. The molecule has 1 saturated heterocycles. The molecule has 25 heavy (non-hydrogen) atoms. The van der Waals surface area contributed by atoms with E-state index < -0.39 is 6.10 Å². The maximum Gasteiger partial charge on any atom is 0.267 e. The first-order chi connectivity index (χ1) is 12.2. The summed E-state index contributed by atoms with van der Waals surface area (Å²) in [6.07, 6.45) is -0.604. The number of nitrogens with zero attached hydrogens (tertiary/aromatic N) is 2. The summed E-state index contributed by atoms with van der Waals surface area (Å²) in [4.78, 5) is 16.7. The minimum Gasteiger partial charge on any atom is -0.485 e. The third kappa shape index (κ3) is 3.24. The highest BCUT2D eigenvalue weighted by atomic mass is 19.1. The van der Waals surface area contributed by atoms with Gasteiger partial charge in [-0.05, 0) is 36.4 Å². The molecule has 1 amide bonds. The topological polar surface area (TPSA) is 42.0 Å². The SMILES string of the molecule is O=C([C@@H]1COc2ccccc2O1)N1CCN(c2ccc(F)cc2)CC1. The van der Waals surface area contributed by atoms with Crippen LogP contribution in [0.15, 0.2) is 48.5 Å². The van der Waals surface area contributed by atoms with E-state index in [-0.39, 0.29) is 18.3 Å². The van der Waals surface area contributed by atoms with Crippen LogP contribution < -0.4 is 14.4 Å². The molecule has 1 atom stereocenters. The Morgan fingerprint density at radius 3 is 2.36 bits per heavy atom. The first-order valence-electron chi connectivity index (χ1n) is 8.38. The number of piperazine rings is 1. The number of anilines is 1. The van der Waals surface area contributed by atoms with E-state index in [1.54, 1.807) is 18.2 Å². The summed E-state index contributed by atoms with van der Waals surface area (Å²) in [6, 6.07) is 13.8. The molecule has 0 radical (unpaired) electrons. The number of hydrogen-bond acceptors (Lipinski definition) is 4. The predicted octanol–water partition coefficient (Wildman–Crippen LogP) is 2.31. The zero-order valence-electron chi connectivity index (χ0n) is 13.7. The number of rotatable bonds is 2. The maximum absolute atomic E-state index is 13.0. The van der Waals surface area contributed by atoms with Crippen LogP contribution in [0.2, 0.25) is 0 Å². The van der Waals surface area contributed by atoms with E-state index in [0.29, 0.717) is 37.7 Å². The van der Waals surface area contributed by atoms with E-state index in [2.05, 4.69) is 4.90 Å². The van der Waals surface area contributed by atoms with Gasteiger partial charge in [-0.1, -0.05) is 12.1 Å². The molecule has 0 saturated carbocycles. The molecule has 2 aromatic carbocycles. The molecule has 2 heterocycles. The number of benzene rings is 2. The molecular formula is C19H19FN2O3. The van der Waals surface area contributed by atoms with Crippen molar-refractivity contribution in [1.82, 2.24) is 4.90 Å². The van der Waals surface area contributed by atoms with Crippen molar-refractivity contribution in [2.45, 2.75) is 6.10 Å². The van der Waals surface area contributed by atoms with Crippen LogP contribution in [-0.4, -0.2) is 49.7 Å². The highest BCUT2D eigenvalue weighted by Gasteiger charge is 2.32. The van der Waals surface area contributed by atoms with Gasteiger partial charge in [-0.2, -0.15) is 0 Å². The molecule has 4 rings (SSSR count). The number of para-hydroxylation sites is 2. The van der Waals surface area contributed by atoms with Crippen molar-refractivity contribution in [3.63, 3.8) is 0 Å². The molecule has 5 nitrogen and oxygen atoms in total. The van der Waals surface area contributed by atoms with Crippen molar-refractivity contribution >= 4 is 11.6 Å². The molecule has 0 aliphatic carbocycles. The van der Waals surface area contributed by atoms with Gasteiger partial charge in [0.25, 0.3) is 5.91 Å². The zero-order valence-corrected chi connectivity index (χ0v) is 13.7. The summed E-state index contributed by atoms with van der Waals surface area (Å²) < 4.78 is 24.5. The second-order valence-electron chi connectivity index (χ2n) is 6.15. The van der Waals surface area contributed by atoms with Crippen LogP contribution in [0.5, 0.6) is 11.5 Å². The van der Waals surface area contributed by atoms with Crippen molar-refractivity contribution in [2.24, 2.45) is 0 Å². The summed E-state index contributed by atoms with van der Waals surface area (Å²) >= 11 is 0. The molecule has 6 heteroatoms. The first-order valence-corrected chi connectivity index (χ1v) is 8.38. The molecule has 0 N–H and O–H groups in total. The minimum atomic E-state index is -0.604. The largest absolute Gasteiger partial charge is 0.485 e. The Morgan fingerprint density at radius 1 is 0.960 bits per heavy atom. The summed E-state index contributed by atoms with van der Waals surface area (Å²) in [5.41, 5.74) is 0.972. The Balaban J connectivity index is 1.36. The van der Waals surface area contributed by atoms with Crippen molar-refractivity contribution < 1.29 is 18.7 Å². The second kappa shape index (κ2) is 6.63. The number of carbonyl (C=O) groups excluding carboxylic acids is 1. The van der Waals surface area contributed by atoms with Gasteiger partial charge >= 0.3 is 0 Å². The fraction of sp³-hybridized carbons (Fsp3) is 0.316. The third-order valence-corrected chi connectivity index (χ3v) is 4.57. The third-order valence-electron chi connectivity index (χ3n) is 4.57. The fourth-order valence-corrected chi connectivity index (χ4v) is 3.18. The number of ether oxygens (including phenoxy) is 2. The van der Waals surface area contributed by atoms with Crippen LogP contribution in [0.3, 0.4) is 0 Å². The second-order valence-corrected chi connectivity index (χ2v) is 6.15. The summed E-state index contributed by atoms with van der Waals surface area (Å²) in [7, 11) is 0. The van der Waals surface area contributed by atoms with Crippen molar-refractivity contribution in [3.8, 4) is 11.5 Å². The molecule has 0 bridgehead atoms. The Bertz CT molecular complexity index is 758. The van der Waals surface area contributed by atoms with Crippen molar-refractivity contribution in [3.05, 3.63) is 54.3 Å².